The minimum Gasteiger partial charge on any atom is -0.361 e. The Kier molecular flexibility index (Phi) is 5.30. The largest absolute Gasteiger partial charge is 0.361 e. The van der Waals surface area contributed by atoms with Gasteiger partial charge in [-0.2, -0.15) is 0 Å². The fourth-order valence-electron chi connectivity index (χ4n) is 4.19. The van der Waals surface area contributed by atoms with E-state index in [-0.39, 0.29) is 11.8 Å². The third kappa shape index (κ3) is 3.69. The first-order valence-corrected chi connectivity index (χ1v) is 10.6. The number of para-hydroxylation sites is 1. The number of carbonyl (C=O) groups is 1. The van der Waals surface area contributed by atoms with Crippen LogP contribution in [0.5, 0.6) is 0 Å². The number of aromatic nitrogens is 2. The number of rotatable bonds is 6. The summed E-state index contributed by atoms with van der Waals surface area (Å²) in [5, 5.41) is 8.43. The summed E-state index contributed by atoms with van der Waals surface area (Å²) in [5.41, 5.74) is 5.26. The lowest BCUT2D eigenvalue weighted by Crippen LogP contribution is -2.29. The second-order valence-corrected chi connectivity index (χ2v) is 7.79. The average molecular weight is 422 g/mol. The molecule has 5 aromatic rings. The van der Waals surface area contributed by atoms with E-state index < -0.39 is 0 Å². The maximum Gasteiger partial charge on any atom is 0.257 e. The number of carbonyl (C=O) groups excluding carboxylic acids is 1. The van der Waals surface area contributed by atoms with Crippen molar-refractivity contribution in [2.45, 2.75) is 12.8 Å². The Labute approximate surface area is 186 Å². The highest BCUT2D eigenvalue weighted by atomic mass is 16.5. The van der Waals surface area contributed by atoms with Gasteiger partial charge in [0.1, 0.15) is 17.0 Å². The van der Waals surface area contributed by atoms with Gasteiger partial charge in [-0.25, -0.2) is 0 Å². The first-order valence-electron chi connectivity index (χ1n) is 10.6. The van der Waals surface area contributed by atoms with Crippen LogP contribution in [-0.4, -0.2) is 22.6 Å². The van der Waals surface area contributed by atoms with Crippen LogP contribution in [0.2, 0.25) is 0 Å². The van der Waals surface area contributed by atoms with Crippen molar-refractivity contribution >= 4 is 16.8 Å². The van der Waals surface area contributed by atoms with E-state index in [0.717, 1.165) is 27.6 Å². The predicted octanol–water partition coefficient (Wildman–Crippen LogP) is 5.69. The van der Waals surface area contributed by atoms with Crippen LogP contribution in [0.4, 0.5) is 0 Å². The fourth-order valence-corrected chi connectivity index (χ4v) is 4.19. The Hall–Kier alpha value is -4.12. The maximum atomic E-state index is 13.3. The Balaban J connectivity index is 1.46. The molecule has 0 radical (unpaired) electrons. The van der Waals surface area contributed by atoms with E-state index in [0.29, 0.717) is 23.6 Å². The predicted molar refractivity (Wildman–Crippen MR) is 126 cm³/mol. The molecule has 0 fully saturated rings. The molecule has 158 valence electrons. The molecule has 5 rings (SSSR count). The number of aromatic amines is 1. The third-order valence-corrected chi connectivity index (χ3v) is 5.80. The van der Waals surface area contributed by atoms with Crippen molar-refractivity contribution in [1.29, 1.82) is 0 Å². The van der Waals surface area contributed by atoms with E-state index in [1.165, 1.54) is 0 Å². The summed E-state index contributed by atoms with van der Waals surface area (Å²) in [6.07, 6.45) is 2.04. The second-order valence-electron chi connectivity index (χ2n) is 7.79. The zero-order valence-electron chi connectivity index (χ0n) is 17.7. The monoisotopic (exact) mass is 421 g/mol. The lowest BCUT2D eigenvalue weighted by Gasteiger charge is -2.18. The molecule has 5 nitrogen and oxygen atoms in total. The number of nitrogens with zero attached hydrogens (tertiary/aromatic N) is 1. The molecule has 0 saturated heterocycles. The molecule has 0 aliphatic carbocycles. The number of hydrogen-bond donors (Lipinski definition) is 2. The number of amides is 1. The second kappa shape index (κ2) is 8.55. The first-order chi connectivity index (χ1) is 15.7. The minimum absolute atomic E-state index is 0.00311. The number of H-pyrrole nitrogens is 1. The molecule has 0 spiro atoms. The van der Waals surface area contributed by atoms with Crippen molar-refractivity contribution < 1.29 is 9.32 Å². The van der Waals surface area contributed by atoms with Gasteiger partial charge in [-0.05, 0) is 24.1 Å². The smallest absolute Gasteiger partial charge is 0.257 e. The molecule has 5 heteroatoms. The summed E-state index contributed by atoms with van der Waals surface area (Å²) in [5.74, 6) is 0.310. The molecule has 1 atom stereocenters. The summed E-state index contributed by atoms with van der Waals surface area (Å²) in [6.45, 7) is 2.21. The Morgan fingerprint density at radius 2 is 1.66 bits per heavy atom. The minimum atomic E-state index is -0.191. The van der Waals surface area contributed by atoms with Gasteiger partial charge >= 0.3 is 0 Å². The van der Waals surface area contributed by atoms with Crippen LogP contribution in [0.1, 0.15) is 33.2 Å². The van der Waals surface area contributed by atoms with Gasteiger partial charge in [-0.3, -0.25) is 4.79 Å². The third-order valence-electron chi connectivity index (χ3n) is 5.80. The highest BCUT2D eigenvalue weighted by molar-refractivity contribution is 6.00. The molecule has 1 amide bonds. The lowest BCUT2D eigenvalue weighted by molar-refractivity contribution is 0.0951. The molecule has 2 N–H and O–H groups in total. The van der Waals surface area contributed by atoms with Gasteiger partial charge in [0.25, 0.3) is 5.91 Å². The zero-order valence-corrected chi connectivity index (χ0v) is 17.7. The quantitative estimate of drug-likeness (QED) is 0.370. The van der Waals surface area contributed by atoms with E-state index in [1.807, 2.05) is 66.9 Å². The van der Waals surface area contributed by atoms with Gasteiger partial charge in [0.2, 0.25) is 0 Å². The maximum absolute atomic E-state index is 13.3. The Morgan fingerprint density at radius 3 is 2.44 bits per heavy atom. The van der Waals surface area contributed by atoms with Gasteiger partial charge in [0, 0.05) is 35.1 Å². The number of aryl methyl sites for hydroxylation is 1. The standard InChI is InChI=1S/C27H23N3O2/c1-18-25(26(30-32-18)20-12-6-3-7-13-20)27(31)29-16-22(19-10-4-2-5-11-19)23-17-28-24-15-9-8-14-21(23)24/h2-15,17,22,28H,16H2,1H3,(H,29,31). The summed E-state index contributed by atoms with van der Waals surface area (Å²) < 4.78 is 5.38. The van der Waals surface area contributed by atoms with Crippen molar-refractivity contribution in [3.05, 3.63) is 114 Å². The lowest BCUT2D eigenvalue weighted by atomic mass is 9.90. The fraction of sp³-hybridized carbons (Fsp3) is 0.111. The highest BCUT2D eigenvalue weighted by Crippen LogP contribution is 2.31. The molecule has 0 saturated carbocycles. The van der Waals surface area contributed by atoms with Crippen molar-refractivity contribution in [2.75, 3.05) is 6.54 Å². The van der Waals surface area contributed by atoms with Crippen LogP contribution in [0.25, 0.3) is 22.2 Å². The van der Waals surface area contributed by atoms with Crippen LogP contribution in [0.3, 0.4) is 0 Å². The van der Waals surface area contributed by atoms with Crippen LogP contribution in [0, 0.1) is 6.92 Å². The van der Waals surface area contributed by atoms with Crippen molar-refractivity contribution in [1.82, 2.24) is 15.5 Å². The van der Waals surface area contributed by atoms with E-state index in [2.05, 4.69) is 39.7 Å². The zero-order chi connectivity index (χ0) is 21.9. The highest BCUT2D eigenvalue weighted by Gasteiger charge is 2.24. The van der Waals surface area contributed by atoms with Gasteiger partial charge < -0.3 is 14.8 Å². The van der Waals surface area contributed by atoms with E-state index in [4.69, 9.17) is 4.52 Å². The molecule has 3 aromatic carbocycles. The van der Waals surface area contributed by atoms with Crippen molar-refractivity contribution in [2.24, 2.45) is 0 Å². The molecule has 0 bridgehead atoms. The van der Waals surface area contributed by atoms with Gasteiger partial charge in [0.05, 0.1) is 0 Å². The van der Waals surface area contributed by atoms with Crippen LogP contribution >= 0.6 is 0 Å². The summed E-state index contributed by atoms with van der Waals surface area (Å²) in [7, 11) is 0. The van der Waals surface area contributed by atoms with E-state index >= 15 is 0 Å². The number of hydrogen-bond acceptors (Lipinski definition) is 3. The van der Waals surface area contributed by atoms with E-state index in [1.54, 1.807) is 6.92 Å². The van der Waals surface area contributed by atoms with Gasteiger partial charge in [-0.15, -0.1) is 0 Å². The number of benzene rings is 3. The van der Waals surface area contributed by atoms with Crippen LogP contribution in [0.15, 0.2) is 95.6 Å². The topological polar surface area (TPSA) is 70.9 Å². The van der Waals surface area contributed by atoms with Crippen LogP contribution in [-0.2, 0) is 0 Å². The normalized spacial score (nSPS) is 12.0. The molecule has 0 aliphatic heterocycles. The molecule has 0 aliphatic rings. The van der Waals surface area contributed by atoms with Crippen LogP contribution < -0.4 is 5.32 Å². The summed E-state index contributed by atoms with van der Waals surface area (Å²) >= 11 is 0. The number of nitrogens with one attached hydrogen (secondary N) is 2. The molecule has 2 heterocycles. The number of fused-ring (bicyclic) bond motifs is 1. The van der Waals surface area contributed by atoms with E-state index in [9.17, 15) is 4.79 Å². The molecule has 2 aromatic heterocycles. The molecular formula is C27H23N3O2. The van der Waals surface area contributed by atoms with Gasteiger partial charge in [-0.1, -0.05) is 84.0 Å². The first kappa shape index (κ1) is 19.8. The van der Waals surface area contributed by atoms with Gasteiger partial charge in [0.15, 0.2) is 0 Å². The van der Waals surface area contributed by atoms with Crippen molar-refractivity contribution in [3.63, 3.8) is 0 Å². The summed E-state index contributed by atoms with van der Waals surface area (Å²) in [6, 6.07) is 28.1. The molecule has 1 unspecified atom stereocenters. The molecule has 32 heavy (non-hydrogen) atoms. The Bertz CT molecular complexity index is 1350. The van der Waals surface area contributed by atoms with Crippen molar-refractivity contribution in [3.8, 4) is 11.3 Å². The Morgan fingerprint density at radius 1 is 0.969 bits per heavy atom. The molecular weight excluding hydrogens is 398 g/mol. The average Bonchev–Trinajstić information content (AvgIpc) is 3.44. The summed E-state index contributed by atoms with van der Waals surface area (Å²) in [4.78, 5) is 16.6. The SMILES string of the molecule is Cc1onc(-c2ccccc2)c1C(=O)NCC(c1ccccc1)c1c[nH]c2ccccc12.